The van der Waals surface area contributed by atoms with Crippen molar-refractivity contribution < 1.29 is 19.5 Å². The number of carbonyl (C=O) groups is 3. The molecule has 3 heterocycles. The number of fused-ring (bicyclic) bond motifs is 2. The van der Waals surface area contributed by atoms with Crippen LogP contribution >= 0.6 is 11.8 Å². The lowest BCUT2D eigenvalue weighted by Crippen LogP contribution is -2.58. The highest BCUT2D eigenvalue weighted by molar-refractivity contribution is 8.02. The summed E-state index contributed by atoms with van der Waals surface area (Å²) in [5, 5.41) is 12.8. The van der Waals surface area contributed by atoms with E-state index in [1.807, 2.05) is 72.8 Å². The van der Waals surface area contributed by atoms with Gasteiger partial charge in [0.2, 0.25) is 11.8 Å². The molecule has 3 aromatic carbocycles. The highest BCUT2D eigenvalue weighted by Gasteiger charge is 2.78. The first-order valence-electron chi connectivity index (χ1n) is 16.6. The van der Waals surface area contributed by atoms with Crippen molar-refractivity contribution in [2.75, 3.05) is 29.5 Å². The summed E-state index contributed by atoms with van der Waals surface area (Å²) in [6.07, 6.45) is 5.30. The number of hydrogen-bond donors (Lipinski definition) is 1. The molecule has 2 unspecified atom stereocenters. The van der Waals surface area contributed by atoms with E-state index in [-0.39, 0.29) is 36.8 Å². The number of anilines is 2. The van der Waals surface area contributed by atoms with E-state index in [1.165, 1.54) is 0 Å². The Kier molecular flexibility index (Phi) is 9.11. The van der Waals surface area contributed by atoms with Crippen molar-refractivity contribution in [1.29, 1.82) is 0 Å². The molecule has 3 saturated heterocycles. The Labute approximate surface area is 282 Å². The van der Waals surface area contributed by atoms with Gasteiger partial charge in [-0.1, -0.05) is 74.5 Å². The molecule has 3 aliphatic heterocycles. The zero-order valence-electron chi connectivity index (χ0n) is 27.5. The van der Waals surface area contributed by atoms with Gasteiger partial charge in [0.25, 0.3) is 5.91 Å². The summed E-state index contributed by atoms with van der Waals surface area (Å²) in [6, 6.07) is 22.1. The minimum absolute atomic E-state index is 0.124. The molecule has 6 rings (SSSR count). The van der Waals surface area contributed by atoms with Crippen molar-refractivity contribution >= 4 is 51.6 Å². The van der Waals surface area contributed by atoms with Crippen LogP contribution in [0.1, 0.15) is 40.0 Å². The van der Waals surface area contributed by atoms with E-state index in [9.17, 15) is 14.7 Å². The first-order valence-corrected chi connectivity index (χ1v) is 17.4. The van der Waals surface area contributed by atoms with Crippen LogP contribution in [0, 0.1) is 17.8 Å². The van der Waals surface area contributed by atoms with Crippen LogP contribution in [0.25, 0.3) is 10.8 Å². The molecular weight excluding hydrogens is 607 g/mol. The second-order valence-electron chi connectivity index (χ2n) is 13.8. The number of aliphatic hydroxyl groups is 1. The summed E-state index contributed by atoms with van der Waals surface area (Å²) in [7, 11) is 0. The fraction of sp³-hybridized carbons (Fsp3) is 0.410. The molecule has 3 fully saturated rings. The van der Waals surface area contributed by atoms with Gasteiger partial charge in [0.05, 0.1) is 29.2 Å². The van der Waals surface area contributed by atoms with Gasteiger partial charge < -0.3 is 19.8 Å². The minimum atomic E-state index is -0.850. The number of hydrogen-bond acceptors (Lipinski definition) is 5. The zero-order valence-corrected chi connectivity index (χ0v) is 28.4. The number of nitrogens with zero attached hydrogens (tertiary/aromatic N) is 3. The Morgan fingerprint density at radius 3 is 2.21 bits per heavy atom. The normalized spacial score (nSPS) is 26.8. The lowest BCUT2D eigenvalue weighted by molar-refractivity contribution is -0.142. The largest absolute Gasteiger partial charge is 0.394 e. The van der Waals surface area contributed by atoms with E-state index in [0.29, 0.717) is 25.8 Å². The average molecular weight is 652 g/mol. The van der Waals surface area contributed by atoms with Gasteiger partial charge in [-0.05, 0) is 67.1 Å². The fourth-order valence-corrected chi connectivity index (χ4v) is 10.7. The van der Waals surface area contributed by atoms with Crippen LogP contribution in [0.4, 0.5) is 11.4 Å². The molecule has 3 amide bonds. The van der Waals surface area contributed by atoms with E-state index in [0.717, 1.165) is 22.1 Å². The van der Waals surface area contributed by atoms with Crippen molar-refractivity contribution in [3.05, 3.63) is 98.1 Å². The molecule has 6 atom stereocenters. The van der Waals surface area contributed by atoms with Gasteiger partial charge in [0, 0.05) is 29.2 Å². The van der Waals surface area contributed by atoms with Crippen molar-refractivity contribution in [3.63, 3.8) is 0 Å². The van der Waals surface area contributed by atoms with Crippen LogP contribution in [0.5, 0.6) is 0 Å². The first-order chi connectivity index (χ1) is 22.6. The molecule has 3 aromatic rings. The second kappa shape index (κ2) is 13.0. The molecule has 0 aromatic heterocycles. The molecule has 1 N–H and O–H groups in total. The summed E-state index contributed by atoms with van der Waals surface area (Å²) in [4.78, 5) is 50.0. The predicted molar refractivity (Wildman–Crippen MR) is 191 cm³/mol. The summed E-state index contributed by atoms with van der Waals surface area (Å²) in [5.41, 5.74) is 1.47. The third-order valence-corrected chi connectivity index (χ3v) is 12.3. The third-order valence-electron chi connectivity index (χ3n) is 10.3. The SMILES string of the molecule is C=CCN(C(=O)C1N([C@@H](CO)CC(C)C)C(=O)[C@@H]2[C@H](C(=O)N(CC=C)c3ccccc3)[C@]3(C)CCC12S3)c1ccc2ccccc2c1. The van der Waals surface area contributed by atoms with Gasteiger partial charge in [-0.2, -0.15) is 0 Å². The predicted octanol–water partition coefficient (Wildman–Crippen LogP) is 6.47. The number of para-hydroxylation sites is 1. The standard InChI is InChI=1S/C39H45N3O4S/c1-6-21-40(29-15-9-8-10-16-29)35(44)32-33-36(45)42(31(25-43)23-26(3)4)34(39(33)20-19-38(32,5)47-39)37(46)41(22-7-2)30-18-17-27-13-11-12-14-28(27)24-30/h6-18,24,26,31-34,43H,1-2,19-23,25H2,3-5H3/t31-,32-,33+,34?,38+,39?/m1/s1. The number of thioether (sulfide) groups is 1. The molecule has 8 heteroatoms. The molecule has 0 radical (unpaired) electrons. The van der Waals surface area contributed by atoms with E-state index in [1.54, 1.807) is 38.6 Å². The Morgan fingerprint density at radius 1 is 0.936 bits per heavy atom. The van der Waals surface area contributed by atoms with Crippen molar-refractivity contribution in [2.45, 2.75) is 61.6 Å². The molecule has 0 saturated carbocycles. The zero-order chi connectivity index (χ0) is 33.5. The highest BCUT2D eigenvalue weighted by Crippen LogP contribution is 2.72. The van der Waals surface area contributed by atoms with E-state index < -0.39 is 33.4 Å². The molecule has 246 valence electrons. The Hall–Kier alpha value is -3.88. The van der Waals surface area contributed by atoms with Crippen molar-refractivity contribution in [3.8, 4) is 0 Å². The number of aliphatic hydroxyl groups excluding tert-OH is 1. The van der Waals surface area contributed by atoms with Gasteiger partial charge >= 0.3 is 0 Å². The fourth-order valence-electron chi connectivity index (χ4n) is 8.40. The summed E-state index contributed by atoms with van der Waals surface area (Å²) in [5.74, 6) is -1.69. The lowest BCUT2D eigenvalue weighted by Gasteiger charge is -2.40. The maximum atomic E-state index is 15.2. The number of rotatable bonds is 12. The smallest absolute Gasteiger partial charge is 0.251 e. The number of benzene rings is 3. The maximum absolute atomic E-state index is 15.2. The van der Waals surface area contributed by atoms with Crippen LogP contribution in [0.3, 0.4) is 0 Å². The highest BCUT2D eigenvalue weighted by atomic mass is 32.2. The van der Waals surface area contributed by atoms with Crippen LogP contribution in [-0.4, -0.2) is 69.0 Å². The second-order valence-corrected chi connectivity index (χ2v) is 15.7. The van der Waals surface area contributed by atoms with Crippen LogP contribution in [0.15, 0.2) is 98.1 Å². The Morgan fingerprint density at radius 2 is 1.57 bits per heavy atom. The maximum Gasteiger partial charge on any atom is 0.251 e. The van der Waals surface area contributed by atoms with Crippen molar-refractivity contribution in [1.82, 2.24) is 4.90 Å². The van der Waals surface area contributed by atoms with E-state index in [2.05, 4.69) is 33.9 Å². The molecular formula is C39H45N3O4S. The summed E-state index contributed by atoms with van der Waals surface area (Å²) < 4.78 is -1.35. The van der Waals surface area contributed by atoms with Gasteiger partial charge in [-0.25, -0.2) is 0 Å². The van der Waals surface area contributed by atoms with Crippen LogP contribution in [-0.2, 0) is 14.4 Å². The van der Waals surface area contributed by atoms with Crippen LogP contribution < -0.4 is 9.80 Å². The Balaban J connectivity index is 1.47. The Bertz CT molecular complexity index is 1690. The molecule has 1 spiro atoms. The topological polar surface area (TPSA) is 81.2 Å². The van der Waals surface area contributed by atoms with Gasteiger partial charge in [0.15, 0.2) is 0 Å². The summed E-state index contributed by atoms with van der Waals surface area (Å²) >= 11 is 1.65. The number of carbonyl (C=O) groups excluding carboxylic acids is 3. The van der Waals surface area contributed by atoms with Gasteiger partial charge in [-0.15, -0.1) is 24.9 Å². The van der Waals surface area contributed by atoms with Gasteiger partial charge in [0.1, 0.15) is 6.04 Å². The minimum Gasteiger partial charge on any atom is -0.394 e. The van der Waals surface area contributed by atoms with Crippen molar-refractivity contribution in [2.24, 2.45) is 17.8 Å². The van der Waals surface area contributed by atoms with Gasteiger partial charge in [-0.3, -0.25) is 14.4 Å². The molecule has 7 nitrogen and oxygen atoms in total. The van der Waals surface area contributed by atoms with Crippen LogP contribution in [0.2, 0.25) is 0 Å². The molecule has 2 bridgehead atoms. The average Bonchev–Trinajstić information content (AvgIpc) is 3.65. The van der Waals surface area contributed by atoms with E-state index in [4.69, 9.17) is 0 Å². The lowest BCUT2D eigenvalue weighted by atomic mass is 9.66. The first kappa shape index (κ1) is 33.0. The quantitative estimate of drug-likeness (QED) is 0.227. The third kappa shape index (κ3) is 5.49. The number of likely N-dealkylation sites (tertiary alicyclic amines) is 1. The van der Waals surface area contributed by atoms with E-state index >= 15 is 4.79 Å². The summed E-state index contributed by atoms with van der Waals surface area (Å²) in [6.45, 7) is 14.4. The monoisotopic (exact) mass is 651 g/mol. The molecule has 47 heavy (non-hydrogen) atoms. The molecule has 3 aliphatic rings. The number of amides is 3. The molecule has 0 aliphatic carbocycles.